The zero-order chi connectivity index (χ0) is 15.2. The summed E-state index contributed by atoms with van der Waals surface area (Å²) in [5, 5.41) is 3.12. The zero-order valence-electron chi connectivity index (χ0n) is 12.6. The standard InChI is InChI=1S/C17H20FNO2/c1-4-19-11-13-6-5-12(9-16(13)18)15-8-7-14(20-2)10-17(15)21-3/h5-10,19H,4,11H2,1-3H3. The van der Waals surface area contributed by atoms with Gasteiger partial charge in [0, 0.05) is 23.7 Å². The van der Waals surface area contributed by atoms with E-state index in [1.54, 1.807) is 26.4 Å². The Labute approximate surface area is 124 Å². The summed E-state index contributed by atoms with van der Waals surface area (Å²) < 4.78 is 24.7. The first-order chi connectivity index (χ1) is 10.2. The Morgan fingerprint density at radius 1 is 1.05 bits per heavy atom. The normalized spacial score (nSPS) is 10.5. The van der Waals surface area contributed by atoms with Crippen LogP contribution >= 0.6 is 0 Å². The molecule has 0 aromatic heterocycles. The molecule has 21 heavy (non-hydrogen) atoms. The van der Waals surface area contributed by atoms with Gasteiger partial charge in [-0.2, -0.15) is 0 Å². The molecule has 0 fully saturated rings. The van der Waals surface area contributed by atoms with Crippen LogP contribution in [0, 0.1) is 5.82 Å². The van der Waals surface area contributed by atoms with Gasteiger partial charge in [-0.3, -0.25) is 0 Å². The monoisotopic (exact) mass is 289 g/mol. The fourth-order valence-electron chi connectivity index (χ4n) is 2.15. The van der Waals surface area contributed by atoms with Crippen molar-refractivity contribution in [1.82, 2.24) is 5.32 Å². The number of hydrogen-bond acceptors (Lipinski definition) is 3. The highest BCUT2D eigenvalue weighted by Gasteiger charge is 2.10. The van der Waals surface area contributed by atoms with Crippen molar-refractivity contribution in [3.63, 3.8) is 0 Å². The van der Waals surface area contributed by atoms with Crippen LogP contribution in [-0.4, -0.2) is 20.8 Å². The largest absolute Gasteiger partial charge is 0.497 e. The smallest absolute Gasteiger partial charge is 0.130 e. The molecular formula is C17H20FNO2. The summed E-state index contributed by atoms with van der Waals surface area (Å²) in [5.41, 5.74) is 2.28. The first kappa shape index (κ1) is 15.3. The molecule has 0 atom stereocenters. The lowest BCUT2D eigenvalue weighted by Gasteiger charge is -2.12. The van der Waals surface area contributed by atoms with Crippen LogP contribution in [0.15, 0.2) is 36.4 Å². The van der Waals surface area contributed by atoms with Gasteiger partial charge < -0.3 is 14.8 Å². The van der Waals surface area contributed by atoms with Gasteiger partial charge >= 0.3 is 0 Å². The minimum Gasteiger partial charge on any atom is -0.497 e. The van der Waals surface area contributed by atoms with Crippen molar-refractivity contribution in [1.29, 1.82) is 0 Å². The Bertz CT molecular complexity index is 614. The third-order valence-corrected chi connectivity index (χ3v) is 3.34. The number of methoxy groups -OCH3 is 2. The van der Waals surface area contributed by atoms with E-state index < -0.39 is 0 Å². The van der Waals surface area contributed by atoms with Gasteiger partial charge in [-0.05, 0) is 30.3 Å². The molecule has 0 amide bonds. The van der Waals surface area contributed by atoms with E-state index >= 15 is 0 Å². The van der Waals surface area contributed by atoms with Crippen LogP contribution in [0.5, 0.6) is 11.5 Å². The highest BCUT2D eigenvalue weighted by atomic mass is 19.1. The SMILES string of the molecule is CCNCc1ccc(-c2ccc(OC)cc2OC)cc1F. The lowest BCUT2D eigenvalue weighted by molar-refractivity contribution is 0.395. The van der Waals surface area contributed by atoms with Gasteiger partial charge in [0.2, 0.25) is 0 Å². The number of nitrogens with one attached hydrogen (secondary N) is 1. The molecule has 0 heterocycles. The van der Waals surface area contributed by atoms with Gasteiger partial charge in [0.1, 0.15) is 17.3 Å². The van der Waals surface area contributed by atoms with E-state index in [4.69, 9.17) is 9.47 Å². The first-order valence-corrected chi connectivity index (χ1v) is 6.91. The molecule has 0 aliphatic rings. The molecule has 2 aromatic rings. The van der Waals surface area contributed by atoms with Gasteiger partial charge in [-0.15, -0.1) is 0 Å². The van der Waals surface area contributed by atoms with E-state index in [1.165, 1.54) is 6.07 Å². The molecular weight excluding hydrogens is 269 g/mol. The fourth-order valence-corrected chi connectivity index (χ4v) is 2.15. The second-order valence-electron chi connectivity index (χ2n) is 4.65. The zero-order valence-corrected chi connectivity index (χ0v) is 12.6. The summed E-state index contributed by atoms with van der Waals surface area (Å²) in [6.07, 6.45) is 0. The van der Waals surface area contributed by atoms with Gasteiger partial charge in [0.15, 0.2) is 0 Å². The molecule has 0 radical (unpaired) electrons. The molecule has 1 N–H and O–H groups in total. The predicted octanol–water partition coefficient (Wildman–Crippen LogP) is 3.62. The predicted molar refractivity (Wildman–Crippen MR) is 82.3 cm³/mol. The number of hydrogen-bond donors (Lipinski definition) is 1. The highest BCUT2D eigenvalue weighted by molar-refractivity contribution is 5.71. The Morgan fingerprint density at radius 2 is 1.86 bits per heavy atom. The second-order valence-corrected chi connectivity index (χ2v) is 4.65. The van der Waals surface area contributed by atoms with Crippen molar-refractivity contribution in [3.8, 4) is 22.6 Å². The minimum absolute atomic E-state index is 0.216. The molecule has 2 aromatic carbocycles. The summed E-state index contributed by atoms with van der Waals surface area (Å²) in [5.74, 6) is 1.15. The molecule has 4 heteroatoms. The van der Waals surface area contributed by atoms with Crippen LogP contribution < -0.4 is 14.8 Å². The van der Waals surface area contributed by atoms with E-state index in [1.807, 2.05) is 25.1 Å². The number of ether oxygens (including phenoxy) is 2. The minimum atomic E-state index is -0.216. The van der Waals surface area contributed by atoms with Crippen molar-refractivity contribution in [2.45, 2.75) is 13.5 Å². The quantitative estimate of drug-likeness (QED) is 0.881. The van der Waals surface area contributed by atoms with Gasteiger partial charge in [-0.1, -0.05) is 19.1 Å². The van der Waals surface area contributed by atoms with Crippen LogP contribution in [0.1, 0.15) is 12.5 Å². The molecule has 0 saturated heterocycles. The van der Waals surface area contributed by atoms with Crippen LogP contribution in [0.3, 0.4) is 0 Å². The Hall–Kier alpha value is -2.07. The number of benzene rings is 2. The molecule has 0 bridgehead atoms. The van der Waals surface area contributed by atoms with Crippen molar-refractivity contribution >= 4 is 0 Å². The Morgan fingerprint density at radius 3 is 2.48 bits per heavy atom. The van der Waals surface area contributed by atoms with Gasteiger partial charge in [0.05, 0.1) is 14.2 Å². The van der Waals surface area contributed by atoms with Crippen molar-refractivity contribution in [2.24, 2.45) is 0 Å². The van der Waals surface area contributed by atoms with E-state index in [0.717, 1.165) is 17.7 Å². The van der Waals surface area contributed by atoms with E-state index in [2.05, 4.69) is 5.32 Å². The summed E-state index contributed by atoms with van der Waals surface area (Å²) in [6, 6.07) is 10.7. The Kier molecular flexibility index (Phi) is 5.17. The van der Waals surface area contributed by atoms with Crippen LogP contribution in [0.4, 0.5) is 4.39 Å². The summed E-state index contributed by atoms with van der Waals surface area (Å²) >= 11 is 0. The summed E-state index contributed by atoms with van der Waals surface area (Å²) in [7, 11) is 3.19. The topological polar surface area (TPSA) is 30.5 Å². The van der Waals surface area contributed by atoms with E-state index in [9.17, 15) is 4.39 Å². The molecule has 2 rings (SSSR count). The number of halogens is 1. The van der Waals surface area contributed by atoms with E-state index in [0.29, 0.717) is 23.6 Å². The van der Waals surface area contributed by atoms with Crippen LogP contribution in [0.2, 0.25) is 0 Å². The summed E-state index contributed by atoms with van der Waals surface area (Å²) in [4.78, 5) is 0. The maximum absolute atomic E-state index is 14.1. The summed E-state index contributed by atoms with van der Waals surface area (Å²) in [6.45, 7) is 3.34. The average Bonchev–Trinajstić information content (AvgIpc) is 2.53. The lowest BCUT2D eigenvalue weighted by Crippen LogP contribution is -2.12. The third kappa shape index (κ3) is 3.52. The van der Waals surface area contributed by atoms with Crippen molar-refractivity contribution < 1.29 is 13.9 Å². The first-order valence-electron chi connectivity index (χ1n) is 6.91. The van der Waals surface area contributed by atoms with Crippen LogP contribution in [-0.2, 0) is 6.54 Å². The van der Waals surface area contributed by atoms with Gasteiger partial charge in [-0.25, -0.2) is 4.39 Å². The molecule has 0 spiro atoms. The maximum Gasteiger partial charge on any atom is 0.130 e. The van der Waals surface area contributed by atoms with Crippen molar-refractivity contribution in [3.05, 3.63) is 47.8 Å². The lowest BCUT2D eigenvalue weighted by atomic mass is 10.0. The molecule has 0 unspecified atom stereocenters. The van der Waals surface area contributed by atoms with Crippen LogP contribution in [0.25, 0.3) is 11.1 Å². The second kappa shape index (κ2) is 7.09. The molecule has 3 nitrogen and oxygen atoms in total. The highest BCUT2D eigenvalue weighted by Crippen LogP contribution is 2.33. The third-order valence-electron chi connectivity index (χ3n) is 3.34. The Balaban J connectivity index is 2.36. The van der Waals surface area contributed by atoms with Crippen molar-refractivity contribution in [2.75, 3.05) is 20.8 Å². The molecule has 0 aliphatic heterocycles. The molecule has 0 aliphatic carbocycles. The van der Waals surface area contributed by atoms with E-state index in [-0.39, 0.29) is 5.82 Å². The maximum atomic E-state index is 14.1. The average molecular weight is 289 g/mol. The fraction of sp³-hybridized carbons (Fsp3) is 0.294. The number of rotatable bonds is 6. The van der Waals surface area contributed by atoms with Gasteiger partial charge in [0.25, 0.3) is 0 Å². The molecule has 112 valence electrons. The molecule has 0 saturated carbocycles.